The highest BCUT2D eigenvalue weighted by Gasteiger charge is 2.11. The van der Waals surface area contributed by atoms with Gasteiger partial charge in [-0.1, -0.05) is 25.2 Å². The van der Waals surface area contributed by atoms with E-state index in [0.29, 0.717) is 0 Å². The van der Waals surface area contributed by atoms with E-state index < -0.39 is 0 Å². The van der Waals surface area contributed by atoms with Crippen LogP contribution in [0.2, 0.25) is 0 Å². The van der Waals surface area contributed by atoms with E-state index >= 15 is 0 Å². The predicted molar refractivity (Wildman–Crippen MR) is 96.5 cm³/mol. The fourth-order valence-electron chi connectivity index (χ4n) is 2.30. The first-order valence-electron chi connectivity index (χ1n) is 7.27. The molecule has 22 heavy (non-hydrogen) atoms. The van der Waals surface area contributed by atoms with Gasteiger partial charge in [0.05, 0.1) is 22.2 Å². The Kier molecular flexibility index (Phi) is 4.18. The van der Waals surface area contributed by atoms with Gasteiger partial charge in [-0.15, -0.1) is 11.3 Å². The number of thiazole rings is 1. The molecule has 0 aliphatic heterocycles. The molecule has 0 fully saturated rings. The smallest absolute Gasteiger partial charge is 0.195 e. The van der Waals surface area contributed by atoms with Gasteiger partial charge in [-0.25, -0.2) is 4.98 Å². The number of ether oxygens (including phenoxy) is 1. The first-order chi connectivity index (χ1) is 10.7. The number of aromatic nitrogens is 2. The lowest BCUT2D eigenvalue weighted by atomic mass is 10.3. The lowest BCUT2D eigenvalue weighted by Gasteiger charge is -1.98. The highest BCUT2D eigenvalue weighted by atomic mass is 32.1. The van der Waals surface area contributed by atoms with Gasteiger partial charge in [-0.3, -0.25) is 4.40 Å². The summed E-state index contributed by atoms with van der Waals surface area (Å²) in [6, 6.07) is 10.4. The molecule has 0 saturated heterocycles. The molecule has 3 aromatic heterocycles. The molecule has 0 unspecified atom stereocenters. The van der Waals surface area contributed by atoms with Crippen LogP contribution in [0.5, 0.6) is 5.75 Å². The Morgan fingerprint density at radius 3 is 2.59 bits per heavy atom. The van der Waals surface area contributed by atoms with E-state index in [1.807, 2.05) is 19.9 Å². The van der Waals surface area contributed by atoms with Crippen LogP contribution in [0, 0.1) is 6.92 Å². The van der Waals surface area contributed by atoms with Gasteiger partial charge in [0, 0.05) is 11.1 Å². The second kappa shape index (κ2) is 6.10. The zero-order valence-corrected chi connectivity index (χ0v) is 14.7. The highest BCUT2D eigenvalue weighted by Crippen LogP contribution is 2.33. The van der Waals surface area contributed by atoms with Crippen molar-refractivity contribution in [2.75, 3.05) is 7.11 Å². The topological polar surface area (TPSA) is 26.5 Å². The number of aryl methyl sites for hydroxylation is 1. The van der Waals surface area contributed by atoms with Gasteiger partial charge in [0.25, 0.3) is 0 Å². The molecule has 4 aromatic rings. The maximum Gasteiger partial charge on any atom is 0.195 e. The first-order valence-corrected chi connectivity index (χ1v) is 8.90. The average molecular weight is 330 g/mol. The molecule has 0 saturated carbocycles. The number of rotatable bonds is 2. The standard InChI is InChI=1S/C15H12N2OS2.C2H6/c1-9-3-6-13(19-9)11-8-17-12-5-4-10(18-2)7-14(12)20-15(17)16-11;1-2/h3-8H,1-2H3;1-2H3. The summed E-state index contributed by atoms with van der Waals surface area (Å²) in [5, 5.41) is 0. The Hall–Kier alpha value is -1.85. The summed E-state index contributed by atoms with van der Waals surface area (Å²) in [7, 11) is 1.69. The quantitative estimate of drug-likeness (QED) is 0.477. The predicted octanol–water partition coefficient (Wildman–Crippen LogP) is 5.62. The summed E-state index contributed by atoms with van der Waals surface area (Å²) in [5.74, 6) is 0.885. The van der Waals surface area contributed by atoms with Crippen molar-refractivity contribution in [1.82, 2.24) is 9.38 Å². The van der Waals surface area contributed by atoms with Gasteiger partial charge in [0.15, 0.2) is 4.96 Å². The zero-order chi connectivity index (χ0) is 15.7. The molecule has 0 spiro atoms. The van der Waals surface area contributed by atoms with E-state index in [-0.39, 0.29) is 0 Å². The number of nitrogens with zero attached hydrogens (tertiary/aromatic N) is 2. The number of thiophene rings is 1. The zero-order valence-electron chi connectivity index (χ0n) is 13.1. The van der Waals surface area contributed by atoms with Crippen LogP contribution in [0.3, 0.4) is 0 Å². The van der Waals surface area contributed by atoms with Crippen molar-refractivity contribution in [3.8, 4) is 16.3 Å². The summed E-state index contributed by atoms with van der Waals surface area (Å²) < 4.78 is 8.62. The molecule has 0 atom stereocenters. The van der Waals surface area contributed by atoms with Gasteiger partial charge >= 0.3 is 0 Å². The van der Waals surface area contributed by atoms with Crippen molar-refractivity contribution in [3.05, 3.63) is 41.4 Å². The van der Waals surface area contributed by atoms with Crippen molar-refractivity contribution in [2.24, 2.45) is 0 Å². The van der Waals surface area contributed by atoms with Gasteiger partial charge in [0.2, 0.25) is 0 Å². The Balaban J connectivity index is 0.000000693. The maximum atomic E-state index is 5.27. The van der Waals surface area contributed by atoms with Crippen LogP contribution in [0.4, 0.5) is 0 Å². The van der Waals surface area contributed by atoms with E-state index in [0.717, 1.165) is 16.4 Å². The summed E-state index contributed by atoms with van der Waals surface area (Å²) in [6.45, 7) is 6.12. The maximum absolute atomic E-state index is 5.27. The van der Waals surface area contributed by atoms with Crippen molar-refractivity contribution in [2.45, 2.75) is 20.8 Å². The average Bonchev–Trinajstić information content (AvgIpc) is 3.22. The molecule has 5 heteroatoms. The molecule has 0 aliphatic carbocycles. The molecule has 0 radical (unpaired) electrons. The van der Waals surface area contributed by atoms with Crippen LogP contribution in [0.25, 0.3) is 25.7 Å². The number of imidazole rings is 1. The third kappa shape index (κ3) is 2.51. The van der Waals surface area contributed by atoms with Crippen LogP contribution >= 0.6 is 22.7 Å². The van der Waals surface area contributed by atoms with Crippen molar-refractivity contribution in [1.29, 1.82) is 0 Å². The SMILES string of the molecule is CC.COc1ccc2c(c1)sc1nc(-c3ccc(C)s3)cn12. The molecular weight excluding hydrogens is 312 g/mol. The molecule has 0 amide bonds. The fraction of sp³-hybridized carbons (Fsp3) is 0.235. The minimum atomic E-state index is 0.885. The minimum absolute atomic E-state index is 0.885. The molecule has 3 heterocycles. The molecular formula is C17H18N2OS2. The van der Waals surface area contributed by atoms with Crippen molar-refractivity contribution < 1.29 is 4.74 Å². The molecule has 4 rings (SSSR count). The molecule has 114 valence electrons. The Morgan fingerprint density at radius 2 is 1.91 bits per heavy atom. The van der Waals surface area contributed by atoms with Crippen molar-refractivity contribution >= 4 is 37.9 Å². The molecule has 0 N–H and O–H groups in total. The van der Waals surface area contributed by atoms with Crippen LogP contribution in [0.1, 0.15) is 18.7 Å². The van der Waals surface area contributed by atoms with Crippen LogP contribution in [-0.4, -0.2) is 16.5 Å². The number of benzene rings is 1. The monoisotopic (exact) mass is 330 g/mol. The third-order valence-electron chi connectivity index (χ3n) is 3.29. The number of hydrogen-bond donors (Lipinski definition) is 0. The lowest BCUT2D eigenvalue weighted by molar-refractivity contribution is 0.415. The Labute approximate surface area is 137 Å². The number of hydrogen-bond acceptors (Lipinski definition) is 4. The van der Waals surface area contributed by atoms with Gasteiger partial charge in [-0.05, 0) is 37.3 Å². The van der Waals surface area contributed by atoms with E-state index in [2.05, 4.69) is 41.8 Å². The Morgan fingerprint density at radius 1 is 1.09 bits per heavy atom. The summed E-state index contributed by atoms with van der Waals surface area (Å²) in [6.07, 6.45) is 2.12. The number of fused-ring (bicyclic) bond motifs is 3. The molecule has 0 aliphatic rings. The summed E-state index contributed by atoms with van der Waals surface area (Å²) >= 11 is 3.47. The molecule has 0 bridgehead atoms. The van der Waals surface area contributed by atoms with Gasteiger partial charge in [-0.2, -0.15) is 0 Å². The largest absolute Gasteiger partial charge is 0.497 e. The van der Waals surface area contributed by atoms with E-state index in [1.165, 1.54) is 20.0 Å². The van der Waals surface area contributed by atoms with E-state index in [9.17, 15) is 0 Å². The van der Waals surface area contributed by atoms with Crippen LogP contribution in [-0.2, 0) is 0 Å². The fourth-order valence-corrected chi connectivity index (χ4v) is 4.16. The Bertz CT molecular complexity index is 917. The highest BCUT2D eigenvalue weighted by molar-refractivity contribution is 7.23. The third-order valence-corrected chi connectivity index (χ3v) is 5.33. The summed E-state index contributed by atoms with van der Waals surface area (Å²) in [4.78, 5) is 8.30. The molecule has 1 aromatic carbocycles. The first kappa shape index (κ1) is 15.1. The van der Waals surface area contributed by atoms with Crippen molar-refractivity contribution in [3.63, 3.8) is 0 Å². The van der Waals surface area contributed by atoms with Crippen LogP contribution < -0.4 is 4.74 Å². The normalized spacial score (nSPS) is 10.7. The number of methoxy groups -OCH3 is 1. The van der Waals surface area contributed by atoms with E-state index in [1.54, 1.807) is 29.8 Å². The summed E-state index contributed by atoms with van der Waals surface area (Å²) in [5.41, 5.74) is 2.23. The lowest BCUT2D eigenvalue weighted by Crippen LogP contribution is -1.82. The van der Waals surface area contributed by atoms with Gasteiger partial charge < -0.3 is 4.74 Å². The minimum Gasteiger partial charge on any atom is -0.497 e. The second-order valence-electron chi connectivity index (χ2n) is 4.62. The van der Waals surface area contributed by atoms with E-state index in [4.69, 9.17) is 9.72 Å². The van der Waals surface area contributed by atoms with Gasteiger partial charge in [0.1, 0.15) is 11.4 Å². The molecule has 3 nitrogen and oxygen atoms in total. The second-order valence-corrected chi connectivity index (χ2v) is 6.92. The van der Waals surface area contributed by atoms with Crippen LogP contribution in [0.15, 0.2) is 36.5 Å².